The Morgan fingerprint density at radius 3 is 2.40 bits per heavy atom. The number of amides is 2. The molecular weight excluding hydrogens is 433 g/mol. The van der Waals surface area contributed by atoms with Gasteiger partial charge in [0.15, 0.2) is 6.73 Å². The van der Waals surface area contributed by atoms with E-state index in [9.17, 15) is 14.4 Å². The lowest BCUT2D eigenvalue weighted by Crippen LogP contribution is -2.47. The summed E-state index contributed by atoms with van der Waals surface area (Å²) >= 11 is 0. The maximum absolute atomic E-state index is 12.7. The normalized spacial score (nSPS) is 21.8. The third-order valence-electron chi connectivity index (χ3n) is 5.83. The van der Waals surface area contributed by atoms with Crippen LogP contribution in [0, 0.1) is 0 Å². The fraction of sp³-hybridized carbons (Fsp3) is 0.737. The Hall–Kier alpha value is -1.71. The van der Waals surface area contributed by atoms with Gasteiger partial charge in [-0.15, -0.1) is 24.8 Å². The van der Waals surface area contributed by atoms with E-state index in [1.165, 1.54) is 6.42 Å². The number of carbonyl (C=O) groups is 3. The van der Waals surface area contributed by atoms with E-state index < -0.39 is 0 Å². The topological polar surface area (TPSA) is 76.6 Å². The number of hydrogen-bond acceptors (Lipinski definition) is 7. The molecule has 4 rings (SSSR count). The van der Waals surface area contributed by atoms with E-state index in [4.69, 9.17) is 4.74 Å². The van der Waals surface area contributed by atoms with Crippen LogP contribution in [0.3, 0.4) is 0 Å². The average Bonchev–Trinajstić information content (AvgIpc) is 3.25. The number of likely N-dealkylation sites (tertiary alicyclic amines) is 1. The number of ether oxygens (including phenoxy) is 1. The van der Waals surface area contributed by atoms with Crippen LogP contribution in [0.2, 0.25) is 0 Å². The number of carbonyl (C=O) groups excluding carboxylic acids is 3. The number of hydrogen-bond donors (Lipinski definition) is 0. The molecule has 0 spiro atoms. The molecule has 0 unspecified atom stereocenters. The highest BCUT2D eigenvalue weighted by molar-refractivity contribution is 5.94. The van der Waals surface area contributed by atoms with E-state index in [1.54, 1.807) is 11.1 Å². The quantitative estimate of drug-likeness (QED) is 0.550. The first-order chi connectivity index (χ1) is 13.6. The molecule has 0 saturated carbocycles. The summed E-state index contributed by atoms with van der Waals surface area (Å²) < 4.78 is 5.34. The predicted molar refractivity (Wildman–Crippen MR) is 114 cm³/mol. The molecule has 4 heterocycles. The number of fused-ring (bicyclic) bond motifs is 1. The molecule has 0 aromatic heterocycles. The van der Waals surface area contributed by atoms with E-state index in [0.717, 1.165) is 45.3 Å². The summed E-state index contributed by atoms with van der Waals surface area (Å²) in [5, 5.41) is 3.99. The molecule has 0 aromatic rings. The van der Waals surface area contributed by atoms with Crippen molar-refractivity contribution in [1.29, 1.82) is 0 Å². The zero-order chi connectivity index (χ0) is 19.5. The fourth-order valence-electron chi connectivity index (χ4n) is 4.23. The van der Waals surface area contributed by atoms with E-state index in [-0.39, 0.29) is 55.7 Å². The zero-order valence-corrected chi connectivity index (χ0v) is 18.8. The van der Waals surface area contributed by atoms with Gasteiger partial charge in [-0.2, -0.15) is 0 Å². The van der Waals surface area contributed by atoms with Crippen LogP contribution >= 0.6 is 24.8 Å². The highest BCUT2D eigenvalue weighted by Gasteiger charge is 2.40. The second kappa shape index (κ2) is 11.1. The van der Waals surface area contributed by atoms with Crippen LogP contribution in [0.25, 0.3) is 0 Å². The smallest absolute Gasteiger partial charge is 0.309 e. The van der Waals surface area contributed by atoms with Crippen LogP contribution in [-0.4, -0.2) is 88.7 Å². The van der Waals surface area contributed by atoms with Crippen molar-refractivity contribution in [3.63, 3.8) is 0 Å². The first-order valence-electron chi connectivity index (χ1n) is 10.3. The van der Waals surface area contributed by atoms with Crippen molar-refractivity contribution in [2.75, 3.05) is 46.2 Å². The summed E-state index contributed by atoms with van der Waals surface area (Å²) in [7, 11) is 0. The largest absolute Gasteiger partial charge is 0.444 e. The highest BCUT2D eigenvalue weighted by atomic mass is 35.5. The molecule has 0 atom stereocenters. The lowest BCUT2D eigenvalue weighted by atomic mass is 10.1. The van der Waals surface area contributed by atoms with Crippen molar-refractivity contribution in [2.24, 2.45) is 0 Å². The molecule has 11 heteroatoms. The maximum atomic E-state index is 12.7. The Morgan fingerprint density at radius 1 is 0.967 bits per heavy atom. The van der Waals surface area contributed by atoms with Gasteiger partial charge in [0.1, 0.15) is 12.4 Å². The number of nitrogens with zero attached hydrogens (tertiary/aromatic N) is 5. The number of hydrazine groups is 1. The molecule has 3 fully saturated rings. The van der Waals surface area contributed by atoms with Crippen LogP contribution in [0.1, 0.15) is 44.9 Å². The second-order valence-corrected chi connectivity index (χ2v) is 7.88. The molecule has 3 saturated heterocycles. The Bertz CT molecular complexity index is 671. The van der Waals surface area contributed by atoms with Gasteiger partial charge in [-0.25, -0.2) is 10.0 Å². The highest BCUT2D eigenvalue weighted by Crippen LogP contribution is 2.27. The van der Waals surface area contributed by atoms with Crippen LogP contribution in [0.5, 0.6) is 0 Å². The minimum atomic E-state index is -0.315. The van der Waals surface area contributed by atoms with Gasteiger partial charge >= 0.3 is 5.97 Å². The Labute approximate surface area is 189 Å². The van der Waals surface area contributed by atoms with E-state index in [0.29, 0.717) is 32.0 Å². The lowest BCUT2D eigenvalue weighted by molar-refractivity contribution is -0.148. The van der Waals surface area contributed by atoms with Crippen molar-refractivity contribution in [2.45, 2.75) is 44.9 Å². The van der Waals surface area contributed by atoms with Crippen LogP contribution in [0.15, 0.2) is 11.9 Å². The number of halogens is 2. The first kappa shape index (κ1) is 24.6. The molecule has 30 heavy (non-hydrogen) atoms. The van der Waals surface area contributed by atoms with E-state index in [1.807, 2.05) is 14.8 Å². The van der Waals surface area contributed by atoms with E-state index in [2.05, 4.69) is 5.01 Å². The number of esters is 1. The van der Waals surface area contributed by atoms with Gasteiger partial charge < -0.3 is 19.4 Å². The monoisotopic (exact) mass is 463 g/mol. The lowest BCUT2D eigenvalue weighted by Gasteiger charge is -2.34. The van der Waals surface area contributed by atoms with Crippen LogP contribution in [-0.2, 0) is 19.1 Å². The summed E-state index contributed by atoms with van der Waals surface area (Å²) in [5.74, 6) is -0.162. The third-order valence-corrected chi connectivity index (χ3v) is 5.83. The molecule has 0 N–H and O–H groups in total. The summed E-state index contributed by atoms with van der Waals surface area (Å²) in [6.07, 6.45) is 8.01. The minimum absolute atomic E-state index is 0. The van der Waals surface area contributed by atoms with Gasteiger partial charge in [-0.3, -0.25) is 14.4 Å². The number of piperidine rings is 2. The van der Waals surface area contributed by atoms with Crippen molar-refractivity contribution in [3.05, 3.63) is 11.9 Å². The van der Waals surface area contributed by atoms with Crippen LogP contribution < -0.4 is 0 Å². The SMILES string of the molecule is Cl.Cl.O=C(CCN1CCCCC1=O)OCN1C=C2C(=O)N(N3CCCCC3)CN2C1. The van der Waals surface area contributed by atoms with Gasteiger partial charge in [0, 0.05) is 38.8 Å². The zero-order valence-electron chi connectivity index (χ0n) is 17.2. The van der Waals surface area contributed by atoms with Gasteiger partial charge in [0.2, 0.25) is 5.91 Å². The summed E-state index contributed by atoms with van der Waals surface area (Å²) in [6.45, 7) is 4.27. The Morgan fingerprint density at radius 2 is 1.70 bits per heavy atom. The Balaban J connectivity index is 0.00000160. The summed E-state index contributed by atoms with van der Waals surface area (Å²) in [4.78, 5) is 42.1. The van der Waals surface area contributed by atoms with Gasteiger partial charge in [0.05, 0.1) is 13.1 Å². The molecule has 0 bridgehead atoms. The Kier molecular flexibility index (Phi) is 9.06. The molecule has 170 valence electrons. The third kappa shape index (κ3) is 5.50. The maximum Gasteiger partial charge on any atom is 0.309 e. The second-order valence-electron chi connectivity index (χ2n) is 7.88. The molecule has 2 amide bonds. The predicted octanol–water partition coefficient (Wildman–Crippen LogP) is 1.35. The molecular formula is C19H31Cl2N5O4. The number of rotatable bonds is 6. The van der Waals surface area contributed by atoms with Crippen molar-refractivity contribution >= 4 is 42.6 Å². The van der Waals surface area contributed by atoms with Gasteiger partial charge in [-0.1, -0.05) is 6.42 Å². The molecule has 0 aliphatic carbocycles. The molecule has 4 aliphatic heterocycles. The molecule has 4 aliphatic rings. The van der Waals surface area contributed by atoms with E-state index >= 15 is 0 Å². The summed E-state index contributed by atoms with van der Waals surface area (Å²) in [6, 6.07) is 0. The fourth-order valence-corrected chi connectivity index (χ4v) is 4.23. The molecule has 0 aromatic carbocycles. The van der Waals surface area contributed by atoms with Crippen molar-refractivity contribution in [1.82, 2.24) is 24.7 Å². The van der Waals surface area contributed by atoms with Crippen LogP contribution in [0.4, 0.5) is 0 Å². The minimum Gasteiger partial charge on any atom is -0.444 e. The molecule has 0 radical (unpaired) electrons. The van der Waals surface area contributed by atoms with Gasteiger partial charge in [0.25, 0.3) is 5.91 Å². The average molecular weight is 464 g/mol. The van der Waals surface area contributed by atoms with Gasteiger partial charge in [-0.05, 0) is 25.7 Å². The summed E-state index contributed by atoms with van der Waals surface area (Å²) in [5.41, 5.74) is 0.667. The first-order valence-corrected chi connectivity index (χ1v) is 10.3. The standard InChI is InChI=1S/C19H29N5O4.2ClH/c25-17-6-2-5-8-21(17)11-7-18(26)28-15-20-12-16-19(27)24(14-22(16)13-20)23-9-3-1-4-10-23;;/h12H,1-11,13-15H2;2*1H. The van der Waals surface area contributed by atoms with Crippen molar-refractivity contribution in [3.8, 4) is 0 Å². The van der Waals surface area contributed by atoms with Crippen molar-refractivity contribution < 1.29 is 19.1 Å². The molecule has 9 nitrogen and oxygen atoms in total.